The van der Waals surface area contributed by atoms with E-state index >= 15 is 0 Å². The third-order valence-corrected chi connectivity index (χ3v) is 6.68. The summed E-state index contributed by atoms with van der Waals surface area (Å²) in [6.07, 6.45) is 6.70. The van der Waals surface area contributed by atoms with Crippen LogP contribution in [0, 0.1) is 0 Å². The first-order chi connectivity index (χ1) is 13.2. The number of nitrogens with zero attached hydrogens (tertiary/aromatic N) is 2. The average molecular weight is 392 g/mol. The van der Waals surface area contributed by atoms with E-state index in [-0.39, 0.29) is 10.8 Å². The number of benzene rings is 2. The first-order valence-corrected chi connectivity index (χ1v) is 10.2. The summed E-state index contributed by atoms with van der Waals surface area (Å²) in [6, 6.07) is 14.8. The topological polar surface area (TPSA) is 6.25 Å². The Labute approximate surface area is 173 Å². The first kappa shape index (κ1) is 19.0. The maximum atomic E-state index is 6.27. The van der Waals surface area contributed by atoms with E-state index in [0.717, 1.165) is 5.02 Å². The number of hydrogen-bond acceptors (Lipinski definition) is 1. The maximum Gasteiger partial charge on any atom is 0.209 e. The van der Waals surface area contributed by atoms with E-state index in [0.29, 0.717) is 0 Å². The summed E-state index contributed by atoms with van der Waals surface area (Å²) in [6.45, 7) is 9.12. The monoisotopic (exact) mass is 391 g/mol. The Morgan fingerprint density at radius 3 is 2.39 bits per heavy atom. The van der Waals surface area contributed by atoms with Crippen molar-refractivity contribution in [1.82, 2.24) is 0 Å². The van der Waals surface area contributed by atoms with Crippen LogP contribution in [0.1, 0.15) is 38.8 Å². The van der Waals surface area contributed by atoms with E-state index in [4.69, 9.17) is 11.6 Å². The highest BCUT2D eigenvalue weighted by Crippen LogP contribution is 2.47. The molecule has 28 heavy (non-hydrogen) atoms. The standard InChI is InChI=1S/C25H28ClN2/c1-24(2)18-10-7-8-11-20(18)27(5)22(24)12-9-13-23-25(3,4)19-16-17(26)14-15-21(19)28(23)6/h7-16H,1-6H3/q+1. The molecule has 2 heterocycles. The number of likely N-dealkylation sites (N-methyl/N-ethyl adjacent to an activating group) is 1. The highest BCUT2D eigenvalue weighted by atomic mass is 35.5. The number of halogens is 1. The maximum absolute atomic E-state index is 6.27. The van der Waals surface area contributed by atoms with Gasteiger partial charge >= 0.3 is 0 Å². The highest BCUT2D eigenvalue weighted by molar-refractivity contribution is 6.30. The molecule has 144 valence electrons. The zero-order valence-corrected chi connectivity index (χ0v) is 18.3. The van der Waals surface area contributed by atoms with Crippen molar-refractivity contribution >= 4 is 28.7 Å². The predicted octanol–water partition coefficient (Wildman–Crippen LogP) is 6.21. The Hall–Kier alpha value is -2.32. The van der Waals surface area contributed by atoms with Crippen LogP contribution < -0.4 is 4.90 Å². The Bertz CT molecular complexity index is 1050. The van der Waals surface area contributed by atoms with Crippen LogP contribution in [0.25, 0.3) is 0 Å². The van der Waals surface area contributed by atoms with Gasteiger partial charge in [-0.2, -0.15) is 4.58 Å². The molecule has 0 saturated heterocycles. The quantitative estimate of drug-likeness (QED) is 0.551. The van der Waals surface area contributed by atoms with Gasteiger partial charge in [0.15, 0.2) is 5.71 Å². The molecular weight excluding hydrogens is 364 g/mol. The fraction of sp³-hybridized carbons (Fsp3) is 0.320. The third kappa shape index (κ3) is 2.66. The SMILES string of the molecule is CN1/C(=C/C=C/C2=[N+](C)c3ccccc3C2(C)C)C(C)(C)c2cc(Cl)ccc21. The van der Waals surface area contributed by atoms with Gasteiger partial charge in [0.25, 0.3) is 0 Å². The molecule has 2 aliphatic heterocycles. The molecule has 0 atom stereocenters. The van der Waals surface area contributed by atoms with Crippen LogP contribution >= 0.6 is 11.6 Å². The van der Waals surface area contributed by atoms with Crippen LogP contribution in [0.4, 0.5) is 11.4 Å². The second-order valence-corrected chi connectivity index (χ2v) is 9.28. The van der Waals surface area contributed by atoms with Gasteiger partial charge in [-0.3, -0.25) is 0 Å². The van der Waals surface area contributed by atoms with Gasteiger partial charge in [-0.25, -0.2) is 0 Å². The fourth-order valence-corrected chi connectivity index (χ4v) is 5.01. The molecule has 0 fully saturated rings. The van der Waals surface area contributed by atoms with Gasteiger partial charge in [0.1, 0.15) is 7.05 Å². The van der Waals surface area contributed by atoms with Gasteiger partial charge in [0, 0.05) is 46.6 Å². The van der Waals surface area contributed by atoms with Crippen molar-refractivity contribution in [2.24, 2.45) is 0 Å². The minimum absolute atomic E-state index is 0.00602. The highest BCUT2D eigenvalue weighted by Gasteiger charge is 2.42. The summed E-state index contributed by atoms with van der Waals surface area (Å²) in [5.74, 6) is 0. The molecular formula is C25H28ClN2+. The van der Waals surface area contributed by atoms with Gasteiger partial charge in [-0.05, 0) is 43.7 Å². The predicted molar refractivity (Wildman–Crippen MR) is 120 cm³/mol. The van der Waals surface area contributed by atoms with Crippen LogP contribution in [0.5, 0.6) is 0 Å². The Morgan fingerprint density at radius 2 is 1.68 bits per heavy atom. The molecule has 4 rings (SSSR count). The summed E-state index contributed by atoms with van der Waals surface area (Å²) in [5.41, 5.74) is 7.68. The largest absolute Gasteiger partial charge is 0.347 e. The molecule has 0 unspecified atom stereocenters. The minimum Gasteiger partial charge on any atom is -0.347 e. The lowest BCUT2D eigenvalue weighted by Crippen LogP contribution is -2.26. The zero-order chi connectivity index (χ0) is 20.3. The molecule has 0 amide bonds. The van der Waals surface area contributed by atoms with Crippen LogP contribution in [0.15, 0.2) is 66.4 Å². The molecule has 0 N–H and O–H groups in total. The summed E-state index contributed by atoms with van der Waals surface area (Å²) in [5, 5.41) is 0.791. The van der Waals surface area contributed by atoms with Crippen molar-refractivity contribution in [3.63, 3.8) is 0 Å². The smallest absolute Gasteiger partial charge is 0.209 e. The van der Waals surface area contributed by atoms with Crippen molar-refractivity contribution in [1.29, 1.82) is 0 Å². The molecule has 3 heteroatoms. The molecule has 0 aromatic heterocycles. The second-order valence-electron chi connectivity index (χ2n) is 8.84. The summed E-state index contributed by atoms with van der Waals surface area (Å²) in [7, 11) is 4.29. The molecule has 0 spiro atoms. The van der Waals surface area contributed by atoms with Gasteiger partial charge in [-0.15, -0.1) is 0 Å². The normalized spacial score (nSPS) is 21.0. The first-order valence-electron chi connectivity index (χ1n) is 9.79. The van der Waals surface area contributed by atoms with E-state index in [1.807, 2.05) is 6.07 Å². The summed E-state index contributed by atoms with van der Waals surface area (Å²) in [4.78, 5) is 2.28. The molecule has 2 aliphatic rings. The number of hydrogen-bond donors (Lipinski definition) is 0. The van der Waals surface area contributed by atoms with Crippen LogP contribution in [-0.4, -0.2) is 24.4 Å². The number of anilines is 1. The van der Waals surface area contributed by atoms with E-state index in [9.17, 15) is 0 Å². The van der Waals surface area contributed by atoms with Gasteiger partial charge in [0.2, 0.25) is 5.69 Å². The van der Waals surface area contributed by atoms with Crippen LogP contribution in [0.3, 0.4) is 0 Å². The van der Waals surface area contributed by atoms with Gasteiger partial charge in [0.05, 0.1) is 5.41 Å². The lowest BCUT2D eigenvalue weighted by molar-refractivity contribution is -0.401. The van der Waals surface area contributed by atoms with E-state index in [1.54, 1.807) is 0 Å². The number of allylic oxidation sites excluding steroid dienone is 4. The third-order valence-electron chi connectivity index (χ3n) is 6.44. The van der Waals surface area contributed by atoms with Crippen molar-refractivity contribution in [3.8, 4) is 0 Å². The van der Waals surface area contributed by atoms with Crippen molar-refractivity contribution in [2.75, 3.05) is 19.0 Å². The lowest BCUT2D eigenvalue weighted by atomic mass is 9.81. The Morgan fingerprint density at radius 1 is 0.964 bits per heavy atom. The second kappa shape index (κ2) is 6.35. The van der Waals surface area contributed by atoms with Crippen LogP contribution in [-0.2, 0) is 10.8 Å². The Balaban J connectivity index is 1.71. The van der Waals surface area contributed by atoms with Crippen molar-refractivity contribution in [2.45, 2.75) is 38.5 Å². The van der Waals surface area contributed by atoms with Gasteiger partial charge in [-0.1, -0.05) is 49.7 Å². The number of fused-ring (bicyclic) bond motifs is 2. The fourth-order valence-electron chi connectivity index (χ4n) is 4.84. The Kier molecular flexibility index (Phi) is 4.31. The molecule has 0 radical (unpaired) electrons. The summed E-state index contributed by atoms with van der Waals surface area (Å²) < 4.78 is 2.31. The number of rotatable bonds is 2. The molecule has 2 aromatic rings. The molecule has 2 nitrogen and oxygen atoms in total. The number of para-hydroxylation sites is 1. The molecule has 0 bridgehead atoms. The van der Waals surface area contributed by atoms with Crippen molar-refractivity contribution in [3.05, 3.63) is 82.5 Å². The average Bonchev–Trinajstić information content (AvgIpc) is 2.96. The van der Waals surface area contributed by atoms with Crippen LogP contribution in [0.2, 0.25) is 5.02 Å². The zero-order valence-electron chi connectivity index (χ0n) is 17.5. The molecule has 2 aromatic carbocycles. The van der Waals surface area contributed by atoms with Gasteiger partial charge < -0.3 is 4.90 Å². The van der Waals surface area contributed by atoms with E-state index < -0.39 is 0 Å². The lowest BCUT2D eigenvalue weighted by Gasteiger charge is -2.23. The molecule has 0 saturated carbocycles. The van der Waals surface area contributed by atoms with E-state index in [2.05, 4.69) is 106 Å². The molecule has 0 aliphatic carbocycles. The van der Waals surface area contributed by atoms with E-state index in [1.165, 1.54) is 33.9 Å². The summed E-state index contributed by atoms with van der Waals surface area (Å²) >= 11 is 6.27. The van der Waals surface area contributed by atoms with Crippen molar-refractivity contribution < 1.29 is 4.58 Å². The minimum atomic E-state index is -0.0793.